The molecule has 92 valence electrons. The molecule has 1 aromatic rings. The minimum atomic E-state index is -0.562. The van der Waals surface area contributed by atoms with Gasteiger partial charge >= 0.3 is 0 Å². The highest BCUT2D eigenvalue weighted by Gasteiger charge is 2.31. The molecule has 17 heavy (non-hydrogen) atoms. The molecule has 0 bridgehead atoms. The third kappa shape index (κ3) is 2.48. The number of amides is 1. The number of carbonyl (C=O) groups excluding carboxylic acids is 1. The highest BCUT2D eigenvalue weighted by Crippen LogP contribution is 2.17. The topological polar surface area (TPSA) is 72.4 Å². The number of rotatable bonds is 3. The van der Waals surface area contributed by atoms with Gasteiger partial charge in [-0.05, 0) is 17.5 Å². The lowest BCUT2D eigenvalue weighted by atomic mass is 10.0. The maximum Gasteiger partial charge on any atom is 0.244 e. The summed E-state index contributed by atoms with van der Waals surface area (Å²) < 4.78 is 0. The van der Waals surface area contributed by atoms with Crippen LogP contribution in [0.1, 0.15) is 24.1 Å². The van der Waals surface area contributed by atoms with Crippen molar-refractivity contribution in [3.05, 3.63) is 35.4 Å². The molecule has 1 saturated heterocycles. The Hall–Kier alpha value is -1.39. The van der Waals surface area contributed by atoms with E-state index in [2.05, 4.69) is 6.92 Å². The fourth-order valence-electron chi connectivity index (χ4n) is 1.99. The first-order chi connectivity index (χ1) is 8.11. The average molecular weight is 233 g/mol. The Bertz CT molecular complexity index is 396. The predicted octanol–water partition coefficient (Wildman–Crippen LogP) is 0.418. The smallest absolute Gasteiger partial charge is 0.244 e. The van der Waals surface area contributed by atoms with Crippen molar-refractivity contribution in [3.8, 4) is 0 Å². The van der Waals surface area contributed by atoms with Gasteiger partial charge in [0.1, 0.15) is 6.04 Å². The summed E-state index contributed by atoms with van der Waals surface area (Å²) in [5, 5.41) is 0. The molecule has 0 radical (unpaired) electrons. The van der Waals surface area contributed by atoms with Crippen molar-refractivity contribution in [3.63, 3.8) is 0 Å². The van der Waals surface area contributed by atoms with Crippen molar-refractivity contribution in [1.82, 2.24) is 4.90 Å². The summed E-state index contributed by atoms with van der Waals surface area (Å²) in [6.07, 6.45) is 0.991. The average Bonchev–Trinajstić information content (AvgIpc) is 2.33. The van der Waals surface area contributed by atoms with Crippen molar-refractivity contribution in [1.29, 1.82) is 0 Å². The lowest BCUT2D eigenvalue weighted by Crippen LogP contribution is -2.59. The second-order valence-corrected chi connectivity index (χ2v) is 4.58. The number of hydrogen-bond acceptors (Lipinski definition) is 3. The fraction of sp³-hybridized carbons (Fsp3) is 0.462. The Morgan fingerprint density at radius 1 is 1.41 bits per heavy atom. The van der Waals surface area contributed by atoms with E-state index in [1.807, 2.05) is 24.3 Å². The van der Waals surface area contributed by atoms with Crippen LogP contribution in [-0.4, -0.2) is 29.9 Å². The van der Waals surface area contributed by atoms with Crippen LogP contribution < -0.4 is 11.5 Å². The molecule has 4 N–H and O–H groups in total. The summed E-state index contributed by atoms with van der Waals surface area (Å²) in [7, 11) is 0. The van der Waals surface area contributed by atoms with E-state index in [1.54, 1.807) is 4.90 Å². The second-order valence-electron chi connectivity index (χ2n) is 4.58. The Morgan fingerprint density at radius 2 is 2.00 bits per heavy atom. The van der Waals surface area contributed by atoms with E-state index in [-0.39, 0.29) is 11.9 Å². The van der Waals surface area contributed by atoms with Gasteiger partial charge in [-0.25, -0.2) is 0 Å². The third-order valence-corrected chi connectivity index (χ3v) is 3.23. The Labute approximate surface area is 102 Å². The molecular formula is C13H19N3O. The Balaban J connectivity index is 2.03. The monoisotopic (exact) mass is 233 g/mol. The predicted molar refractivity (Wildman–Crippen MR) is 67.3 cm³/mol. The standard InChI is InChI=1S/C13H19N3O/c1-2-9-3-5-10(6-4-9)12(15)13(17)16-7-11(14)8-16/h3-6,11-12H,2,7-8,14-15H2,1H3. The first-order valence-electron chi connectivity index (χ1n) is 6.00. The van der Waals surface area contributed by atoms with Gasteiger partial charge in [-0.3, -0.25) is 4.79 Å². The summed E-state index contributed by atoms with van der Waals surface area (Å²) in [5.74, 6) is -0.0315. The van der Waals surface area contributed by atoms with Crippen LogP contribution in [0.5, 0.6) is 0 Å². The van der Waals surface area contributed by atoms with Gasteiger partial charge in [0.25, 0.3) is 0 Å². The molecule has 1 unspecified atom stereocenters. The number of carbonyl (C=O) groups is 1. The number of likely N-dealkylation sites (tertiary alicyclic amines) is 1. The van der Waals surface area contributed by atoms with Crippen molar-refractivity contribution >= 4 is 5.91 Å². The van der Waals surface area contributed by atoms with Gasteiger partial charge in [-0.1, -0.05) is 31.2 Å². The van der Waals surface area contributed by atoms with Gasteiger partial charge in [-0.15, -0.1) is 0 Å². The molecule has 0 aliphatic carbocycles. The van der Waals surface area contributed by atoms with Crippen LogP contribution >= 0.6 is 0 Å². The van der Waals surface area contributed by atoms with E-state index >= 15 is 0 Å². The van der Waals surface area contributed by atoms with E-state index in [9.17, 15) is 4.79 Å². The number of hydrogen-bond donors (Lipinski definition) is 2. The van der Waals surface area contributed by atoms with Gasteiger partial charge in [-0.2, -0.15) is 0 Å². The summed E-state index contributed by atoms with van der Waals surface area (Å²) >= 11 is 0. The lowest BCUT2D eigenvalue weighted by molar-refractivity contribution is -0.137. The van der Waals surface area contributed by atoms with Gasteiger partial charge < -0.3 is 16.4 Å². The van der Waals surface area contributed by atoms with E-state index < -0.39 is 6.04 Å². The summed E-state index contributed by atoms with van der Waals surface area (Å²) in [4.78, 5) is 13.7. The molecule has 1 atom stereocenters. The summed E-state index contributed by atoms with van der Waals surface area (Å²) in [6.45, 7) is 3.35. The van der Waals surface area contributed by atoms with E-state index in [1.165, 1.54) is 5.56 Å². The van der Waals surface area contributed by atoms with Crippen molar-refractivity contribution in [2.45, 2.75) is 25.4 Å². The quantitative estimate of drug-likeness (QED) is 0.794. The molecular weight excluding hydrogens is 214 g/mol. The van der Waals surface area contributed by atoms with Crippen molar-refractivity contribution < 1.29 is 4.79 Å². The molecule has 1 aliphatic rings. The van der Waals surface area contributed by atoms with Crippen LogP contribution in [0.3, 0.4) is 0 Å². The van der Waals surface area contributed by atoms with E-state index in [0.29, 0.717) is 13.1 Å². The Kier molecular flexibility index (Phi) is 3.45. The normalized spacial score (nSPS) is 17.7. The molecule has 1 fully saturated rings. The van der Waals surface area contributed by atoms with Crippen LogP contribution in [0.4, 0.5) is 0 Å². The fourth-order valence-corrected chi connectivity index (χ4v) is 1.99. The number of nitrogens with two attached hydrogens (primary N) is 2. The molecule has 4 nitrogen and oxygen atoms in total. The van der Waals surface area contributed by atoms with Crippen LogP contribution in [0.2, 0.25) is 0 Å². The number of benzene rings is 1. The van der Waals surface area contributed by atoms with Crippen LogP contribution in [0, 0.1) is 0 Å². The largest absolute Gasteiger partial charge is 0.338 e. The maximum atomic E-state index is 12.0. The van der Waals surface area contributed by atoms with Crippen LogP contribution in [-0.2, 0) is 11.2 Å². The third-order valence-electron chi connectivity index (χ3n) is 3.23. The first kappa shape index (κ1) is 12.1. The highest BCUT2D eigenvalue weighted by molar-refractivity contribution is 5.83. The summed E-state index contributed by atoms with van der Waals surface area (Å²) in [6, 6.07) is 7.46. The van der Waals surface area contributed by atoms with E-state index in [0.717, 1.165) is 12.0 Å². The minimum absolute atomic E-state index is 0.0315. The maximum absolute atomic E-state index is 12.0. The molecule has 0 spiro atoms. The van der Waals surface area contributed by atoms with Gasteiger partial charge in [0, 0.05) is 19.1 Å². The SMILES string of the molecule is CCc1ccc(C(N)C(=O)N2CC(N)C2)cc1. The number of nitrogens with zero attached hydrogens (tertiary/aromatic N) is 1. The number of aryl methyl sites for hydroxylation is 1. The highest BCUT2D eigenvalue weighted by atomic mass is 16.2. The molecule has 1 amide bonds. The zero-order chi connectivity index (χ0) is 12.4. The van der Waals surface area contributed by atoms with E-state index in [4.69, 9.17) is 11.5 Å². The minimum Gasteiger partial charge on any atom is -0.338 e. The summed E-state index contributed by atoms with van der Waals surface area (Å²) in [5.41, 5.74) is 13.7. The molecule has 1 aromatic carbocycles. The zero-order valence-electron chi connectivity index (χ0n) is 10.1. The molecule has 1 heterocycles. The van der Waals surface area contributed by atoms with Gasteiger partial charge in [0.15, 0.2) is 0 Å². The molecule has 0 saturated carbocycles. The molecule has 4 heteroatoms. The van der Waals surface area contributed by atoms with Gasteiger partial charge in [0.05, 0.1) is 0 Å². The molecule has 2 rings (SSSR count). The first-order valence-corrected chi connectivity index (χ1v) is 6.00. The van der Waals surface area contributed by atoms with Crippen LogP contribution in [0.15, 0.2) is 24.3 Å². The zero-order valence-corrected chi connectivity index (χ0v) is 10.1. The van der Waals surface area contributed by atoms with Crippen LogP contribution in [0.25, 0.3) is 0 Å². The molecule has 0 aromatic heterocycles. The van der Waals surface area contributed by atoms with Crippen molar-refractivity contribution in [2.75, 3.05) is 13.1 Å². The lowest BCUT2D eigenvalue weighted by Gasteiger charge is -2.38. The second kappa shape index (κ2) is 4.85. The molecule has 1 aliphatic heterocycles. The van der Waals surface area contributed by atoms with Crippen molar-refractivity contribution in [2.24, 2.45) is 11.5 Å². The Morgan fingerprint density at radius 3 is 2.47 bits per heavy atom. The van der Waals surface area contributed by atoms with Gasteiger partial charge in [0.2, 0.25) is 5.91 Å².